The number of amides is 1. The molecule has 5 rings (SSSR count). The van der Waals surface area contributed by atoms with Gasteiger partial charge in [-0.05, 0) is 86.4 Å². The lowest BCUT2D eigenvalue weighted by atomic mass is 9.54. The maximum Gasteiger partial charge on any atom is 0.407 e. The monoisotopic (exact) mass is 578 g/mol. The minimum atomic E-state index is -1.92. The van der Waals surface area contributed by atoms with E-state index in [0.29, 0.717) is 30.8 Å². The van der Waals surface area contributed by atoms with Crippen molar-refractivity contribution in [1.82, 2.24) is 5.32 Å². The molecular formula is C30H54N4O5Si. The predicted octanol–water partition coefficient (Wildman–Crippen LogP) is 7.85. The molecule has 4 aliphatic carbocycles. The molecule has 0 aromatic rings. The first-order valence-corrected chi connectivity index (χ1v) is 18.8. The van der Waals surface area contributed by atoms with Crippen LogP contribution in [-0.2, 0) is 18.6 Å². The Labute approximate surface area is 242 Å². The molecule has 5 fully saturated rings. The summed E-state index contributed by atoms with van der Waals surface area (Å²) >= 11 is 0. The third kappa shape index (κ3) is 7.94. The van der Waals surface area contributed by atoms with Crippen LogP contribution in [0.15, 0.2) is 5.11 Å². The highest BCUT2D eigenvalue weighted by molar-refractivity contribution is 6.73. The highest BCUT2D eigenvalue weighted by Gasteiger charge is 2.53. The van der Waals surface area contributed by atoms with Crippen molar-refractivity contribution in [3.8, 4) is 0 Å². The average Bonchev–Trinajstić information content (AvgIpc) is 2.92. The third-order valence-electron chi connectivity index (χ3n) is 10.1. The van der Waals surface area contributed by atoms with Gasteiger partial charge in [0.15, 0.2) is 14.6 Å². The molecule has 4 saturated carbocycles. The minimum absolute atomic E-state index is 0.253. The molecule has 0 aromatic carbocycles. The number of rotatable bonds is 16. The second kappa shape index (κ2) is 14.7. The van der Waals surface area contributed by atoms with Crippen molar-refractivity contribution in [3.63, 3.8) is 0 Å². The van der Waals surface area contributed by atoms with Crippen molar-refractivity contribution in [2.24, 2.45) is 22.9 Å². The van der Waals surface area contributed by atoms with E-state index in [1.165, 1.54) is 75.9 Å². The Kier molecular flexibility index (Phi) is 11.6. The Bertz CT molecular complexity index is 812. The smallest absolute Gasteiger partial charge is 0.407 e. The van der Waals surface area contributed by atoms with E-state index in [0.717, 1.165) is 19.3 Å². The van der Waals surface area contributed by atoms with Crippen LogP contribution in [0.2, 0.25) is 18.1 Å². The van der Waals surface area contributed by atoms with Crippen LogP contribution in [0.1, 0.15) is 104 Å². The van der Waals surface area contributed by atoms with E-state index >= 15 is 0 Å². The van der Waals surface area contributed by atoms with E-state index in [1.54, 1.807) is 7.11 Å². The summed E-state index contributed by atoms with van der Waals surface area (Å²) in [6.07, 6.45) is 13.0. The normalized spacial score (nSPS) is 34.9. The summed E-state index contributed by atoms with van der Waals surface area (Å²) in [5.41, 5.74) is 8.97. The summed E-state index contributed by atoms with van der Waals surface area (Å²) in [7, 11) is -0.366. The van der Waals surface area contributed by atoms with Gasteiger partial charge < -0.3 is 24.0 Å². The molecule has 4 bridgehead atoms. The lowest BCUT2D eigenvalue weighted by molar-refractivity contribution is -0.202. The summed E-state index contributed by atoms with van der Waals surface area (Å²) < 4.78 is 25.1. The summed E-state index contributed by atoms with van der Waals surface area (Å²) in [5, 5.41) is 7.08. The van der Waals surface area contributed by atoms with Gasteiger partial charge in [0.25, 0.3) is 0 Å². The number of hydrogen-bond acceptors (Lipinski definition) is 6. The van der Waals surface area contributed by atoms with Crippen LogP contribution in [0.25, 0.3) is 10.4 Å². The van der Waals surface area contributed by atoms with Gasteiger partial charge in [0.1, 0.15) is 11.6 Å². The van der Waals surface area contributed by atoms with E-state index in [2.05, 4.69) is 36.1 Å². The highest BCUT2D eigenvalue weighted by atomic mass is 28.4. The molecule has 228 valence electrons. The second-order valence-corrected chi connectivity index (χ2v) is 17.5. The lowest BCUT2D eigenvalue weighted by Crippen LogP contribution is -2.59. The van der Waals surface area contributed by atoms with Gasteiger partial charge >= 0.3 is 6.09 Å². The maximum atomic E-state index is 13.3. The number of ether oxygens (including phenoxy) is 3. The highest BCUT2D eigenvalue weighted by Crippen LogP contribution is 2.57. The van der Waals surface area contributed by atoms with Gasteiger partial charge in [0.05, 0.1) is 12.7 Å². The molecule has 1 amide bonds. The number of azide groups is 1. The van der Waals surface area contributed by atoms with Crippen molar-refractivity contribution in [2.75, 3.05) is 13.7 Å². The molecule has 1 aliphatic heterocycles. The first-order valence-electron chi connectivity index (χ1n) is 16.2. The fraction of sp³-hybridized carbons (Fsp3) is 0.967. The van der Waals surface area contributed by atoms with Crippen LogP contribution in [-0.4, -0.2) is 58.2 Å². The molecule has 0 aromatic heterocycles. The fourth-order valence-corrected chi connectivity index (χ4v) is 13.2. The molecule has 1 N–H and O–H groups in total. The zero-order chi connectivity index (χ0) is 28.6. The Morgan fingerprint density at radius 3 is 2.00 bits per heavy atom. The Hall–Kier alpha value is -1.32. The van der Waals surface area contributed by atoms with Gasteiger partial charge in [-0.15, -0.1) is 0 Å². The number of nitrogens with zero attached hydrogens (tertiary/aromatic N) is 3. The molecule has 40 heavy (non-hydrogen) atoms. The van der Waals surface area contributed by atoms with Gasteiger partial charge in [-0.3, -0.25) is 0 Å². The van der Waals surface area contributed by atoms with Crippen molar-refractivity contribution in [1.29, 1.82) is 0 Å². The van der Waals surface area contributed by atoms with Gasteiger partial charge in [0, 0.05) is 18.1 Å². The Balaban J connectivity index is 1.42. The zero-order valence-electron chi connectivity index (χ0n) is 25.4. The molecule has 4 atom stereocenters. The average molecular weight is 579 g/mol. The van der Waals surface area contributed by atoms with E-state index in [9.17, 15) is 10.3 Å². The Morgan fingerprint density at radius 2 is 1.52 bits per heavy atom. The molecule has 5 aliphatic rings. The quantitative estimate of drug-likeness (QED) is 0.0866. The van der Waals surface area contributed by atoms with Gasteiger partial charge in [-0.2, -0.15) is 0 Å². The van der Waals surface area contributed by atoms with Crippen LogP contribution in [0, 0.1) is 17.8 Å². The number of hydrogen-bond donors (Lipinski definition) is 1. The summed E-state index contributed by atoms with van der Waals surface area (Å²) in [6, 6.07) is 2.44. The van der Waals surface area contributed by atoms with Crippen molar-refractivity contribution in [2.45, 2.75) is 152 Å². The van der Waals surface area contributed by atoms with E-state index in [-0.39, 0.29) is 11.7 Å². The van der Waals surface area contributed by atoms with Crippen LogP contribution >= 0.6 is 0 Å². The van der Waals surface area contributed by atoms with Crippen LogP contribution < -0.4 is 5.32 Å². The third-order valence-corrected chi connectivity index (χ3v) is 14.7. The fourth-order valence-electron chi connectivity index (χ4n) is 8.47. The predicted molar refractivity (Wildman–Crippen MR) is 158 cm³/mol. The first kappa shape index (κ1) is 31.6. The lowest BCUT2D eigenvalue weighted by Gasteiger charge is -2.55. The standard InChI is InChI=1S/C30H54N4O5Si/c1-5-8-11-40(12-9-6-2,13-10-7-3)37-21-25-17-26(27(33-34-31)28(36-4)38-25)32-29(35)39-30-18-22-14-23(19-30)16-24(15-22)20-30/h22-28H,5-21H2,1-4H3,(H,32,35)/t22?,23?,24?,25-,26+,27-,28-,30?/m1/s1. The molecule has 0 spiro atoms. The van der Waals surface area contributed by atoms with Gasteiger partial charge in [0.2, 0.25) is 0 Å². The Morgan fingerprint density at radius 1 is 0.975 bits per heavy atom. The molecule has 1 heterocycles. The topological polar surface area (TPSA) is 115 Å². The number of alkyl carbamates (subject to hydrolysis) is 1. The SMILES string of the molecule is CCCC[Si](CCCC)(CCCC)OC[C@H]1C[C@H](NC(=O)OC23CC4CC(CC(C4)C2)C3)[C@@H](N=[N+]=[N-])[C@H](OC)O1. The minimum Gasteiger partial charge on any atom is -0.443 e. The van der Waals surface area contributed by atoms with Crippen molar-refractivity contribution >= 4 is 14.4 Å². The zero-order valence-corrected chi connectivity index (χ0v) is 26.4. The molecule has 10 heteroatoms. The second-order valence-electron chi connectivity index (χ2n) is 13.3. The number of carbonyl (C=O) groups is 1. The molecule has 0 unspecified atom stereocenters. The van der Waals surface area contributed by atoms with E-state index < -0.39 is 32.8 Å². The van der Waals surface area contributed by atoms with Crippen molar-refractivity contribution in [3.05, 3.63) is 10.4 Å². The number of nitrogens with one attached hydrogen (secondary N) is 1. The molecule has 0 radical (unpaired) electrons. The number of unbranched alkanes of at least 4 members (excludes halogenated alkanes) is 3. The summed E-state index contributed by atoms with van der Waals surface area (Å²) in [6.45, 7) is 7.23. The van der Waals surface area contributed by atoms with E-state index in [1.807, 2.05) is 0 Å². The van der Waals surface area contributed by atoms with E-state index in [4.69, 9.17) is 18.6 Å². The largest absolute Gasteiger partial charge is 0.443 e. The van der Waals surface area contributed by atoms with Crippen molar-refractivity contribution < 1.29 is 23.4 Å². The number of carbonyl (C=O) groups excluding carboxylic acids is 1. The van der Waals surface area contributed by atoms with Gasteiger partial charge in [-0.25, -0.2) is 4.79 Å². The molecule has 9 nitrogen and oxygen atoms in total. The molecular weight excluding hydrogens is 524 g/mol. The summed E-state index contributed by atoms with van der Waals surface area (Å²) in [4.78, 5) is 16.4. The van der Waals surface area contributed by atoms with Crippen LogP contribution in [0.5, 0.6) is 0 Å². The maximum absolute atomic E-state index is 13.3. The first-order chi connectivity index (χ1) is 19.4. The van der Waals surface area contributed by atoms with Crippen LogP contribution in [0.3, 0.4) is 0 Å². The van der Waals surface area contributed by atoms with Crippen LogP contribution in [0.4, 0.5) is 4.79 Å². The molecule has 1 saturated heterocycles. The summed E-state index contributed by atoms with van der Waals surface area (Å²) in [5.74, 6) is 2.07. The number of methoxy groups -OCH3 is 1. The van der Waals surface area contributed by atoms with Gasteiger partial charge in [-0.1, -0.05) is 64.4 Å².